The zero-order valence-corrected chi connectivity index (χ0v) is 23.5. The molecule has 0 unspecified atom stereocenters. The summed E-state index contributed by atoms with van der Waals surface area (Å²) in [5, 5.41) is 8.23. The lowest BCUT2D eigenvalue weighted by Gasteiger charge is -2.34. The van der Waals surface area contributed by atoms with Gasteiger partial charge >= 0.3 is 0 Å². The summed E-state index contributed by atoms with van der Waals surface area (Å²) in [6.45, 7) is 6.14. The molecule has 200 valence electrons. The minimum absolute atomic E-state index is 0.260. The van der Waals surface area contributed by atoms with Gasteiger partial charge in [-0.1, -0.05) is 60.7 Å². The van der Waals surface area contributed by atoms with Gasteiger partial charge in [-0.3, -0.25) is 4.79 Å². The molecule has 0 radical (unpaired) electrons. The van der Waals surface area contributed by atoms with Crippen LogP contribution in [-0.2, 0) is 17.6 Å². The second-order valence-electron chi connectivity index (χ2n) is 10.1. The fourth-order valence-corrected chi connectivity index (χ4v) is 5.92. The topological polar surface area (TPSA) is 48.8 Å². The molecule has 4 rings (SSSR count). The Bertz CT molecular complexity index is 1160. The van der Waals surface area contributed by atoms with Gasteiger partial charge in [-0.15, -0.1) is 0 Å². The summed E-state index contributed by atoms with van der Waals surface area (Å²) in [4.78, 5) is 15.4. The molecule has 1 aromatic carbocycles. The Morgan fingerprint density at radius 3 is 2.59 bits per heavy atom. The molecule has 1 saturated carbocycles. The lowest BCUT2D eigenvalue weighted by Crippen LogP contribution is -2.45. The van der Waals surface area contributed by atoms with E-state index in [0.29, 0.717) is 29.1 Å². The minimum Gasteiger partial charge on any atom is -0.338 e. The molecule has 0 spiro atoms. The van der Waals surface area contributed by atoms with Crippen molar-refractivity contribution in [2.75, 3.05) is 32.7 Å². The third kappa shape index (κ3) is 7.73. The summed E-state index contributed by atoms with van der Waals surface area (Å²) in [6.07, 6.45) is 12.6. The number of hydrogen-bond donors (Lipinski definition) is 2. The van der Waals surface area contributed by atoms with Crippen molar-refractivity contribution in [2.24, 2.45) is 0 Å². The lowest BCUT2D eigenvalue weighted by atomic mass is 9.94. The lowest BCUT2D eigenvalue weighted by molar-refractivity contribution is -0.134. The zero-order chi connectivity index (χ0) is 26.0. The smallest absolute Gasteiger partial charge is 0.224 e. The molecular formula is C30H40Cl2N4O. The number of nitrogens with one attached hydrogen (secondary N) is 2. The number of nitrogens with zero attached hydrogens (tertiary/aromatic N) is 2. The van der Waals surface area contributed by atoms with E-state index < -0.39 is 0 Å². The Morgan fingerprint density at radius 2 is 1.76 bits per heavy atom. The van der Waals surface area contributed by atoms with E-state index in [1.165, 1.54) is 35.9 Å². The summed E-state index contributed by atoms with van der Waals surface area (Å²) >= 11 is 12.4. The number of carbonyl (C=O) groups excluding carboxylic acids is 1. The average molecular weight is 544 g/mol. The Balaban J connectivity index is 1.21. The van der Waals surface area contributed by atoms with E-state index in [9.17, 15) is 4.79 Å². The fraction of sp³-hybridized carbons (Fsp3) is 0.500. The van der Waals surface area contributed by atoms with Gasteiger partial charge in [0.15, 0.2) is 0 Å². The number of amides is 1. The normalized spacial score (nSPS) is 14.4. The summed E-state index contributed by atoms with van der Waals surface area (Å²) in [6, 6.07) is 12.5. The Labute approximate surface area is 231 Å². The van der Waals surface area contributed by atoms with Crippen molar-refractivity contribution < 1.29 is 4.79 Å². The van der Waals surface area contributed by atoms with Crippen LogP contribution in [0.4, 0.5) is 0 Å². The van der Waals surface area contributed by atoms with Gasteiger partial charge < -0.3 is 19.9 Å². The number of fused-ring (bicyclic) bond motifs is 1. The number of pyridine rings is 1. The monoisotopic (exact) mass is 542 g/mol. The van der Waals surface area contributed by atoms with Crippen LogP contribution >= 0.6 is 23.2 Å². The van der Waals surface area contributed by atoms with Crippen LogP contribution in [-0.4, -0.2) is 54.0 Å². The molecule has 1 aliphatic rings. The van der Waals surface area contributed by atoms with Crippen molar-refractivity contribution in [2.45, 2.75) is 64.3 Å². The highest BCUT2D eigenvalue weighted by molar-refractivity contribution is 6.42. The Morgan fingerprint density at radius 1 is 0.973 bits per heavy atom. The molecule has 7 heteroatoms. The molecule has 3 aromatic rings. The molecule has 1 aliphatic carbocycles. The van der Waals surface area contributed by atoms with Gasteiger partial charge in [0.25, 0.3) is 0 Å². The molecule has 0 bridgehead atoms. The highest BCUT2D eigenvalue weighted by Gasteiger charge is 2.24. The van der Waals surface area contributed by atoms with E-state index in [-0.39, 0.29) is 5.91 Å². The number of halogens is 2. The molecule has 2 heterocycles. The number of hydrogen-bond acceptors (Lipinski definition) is 3. The highest BCUT2D eigenvalue weighted by atomic mass is 35.5. The molecule has 2 N–H and O–H groups in total. The molecular weight excluding hydrogens is 503 g/mol. The van der Waals surface area contributed by atoms with E-state index in [1.54, 1.807) is 6.07 Å². The Kier molecular flexibility index (Phi) is 10.7. The number of benzene rings is 1. The van der Waals surface area contributed by atoms with E-state index in [4.69, 9.17) is 23.2 Å². The van der Waals surface area contributed by atoms with Crippen molar-refractivity contribution in [3.63, 3.8) is 0 Å². The molecule has 0 aliphatic heterocycles. The maximum Gasteiger partial charge on any atom is 0.224 e. The molecule has 0 atom stereocenters. The van der Waals surface area contributed by atoms with Crippen molar-refractivity contribution in [3.8, 4) is 0 Å². The van der Waals surface area contributed by atoms with Gasteiger partial charge in [0, 0.05) is 50.0 Å². The van der Waals surface area contributed by atoms with Crippen molar-refractivity contribution in [1.29, 1.82) is 0 Å². The van der Waals surface area contributed by atoms with Crippen molar-refractivity contribution in [3.05, 3.63) is 75.5 Å². The van der Waals surface area contributed by atoms with Crippen LogP contribution in [0.25, 0.3) is 5.52 Å². The number of rotatable bonds is 13. The third-order valence-electron chi connectivity index (χ3n) is 7.54. The third-order valence-corrected chi connectivity index (χ3v) is 8.40. The first kappa shape index (κ1) is 28.0. The van der Waals surface area contributed by atoms with Crippen LogP contribution in [0.5, 0.6) is 0 Å². The minimum atomic E-state index is 0.260. The van der Waals surface area contributed by atoms with E-state index in [2.05, 4.69) is 57.5 Å². The first-order valence-electron chi connectivity index (χ1n) is 13.7. The van der Waals surface area contributed by atoms with Crippen molar-refractivity contribution >= 4 is 34.6 Å². The van der Waals surface area contributed by atoms with Gasteiger partial charge in [-0.25, -0.2) is 0 Å². The molecule has 0 saturated heterocycles. The number of aromatic nitrogens is 1. The van der Waals surface area contributed by atoms with Crippen LogP contribution in [0.15, 0.2) is 48.8 Å². The van der Waals surface area contributed by atoms with Gasteiger partial charge in [0.2, 0.25) is 5.91 Å². The highest BCUT2D eigenvalue weighted by Crippen LogP contribution is 2.26. The zero-order valence-electron chi connectivity index (χ0n) is 21.9. The summed E-state index contributed by atoms with van der Waals surface area (Å²) in [5.41, 5.74) is 5.05. The maximum atomic E-state index is 13.2. The maximum absolute atomic E-state index is 13.2. The molecule has 1 amide bonds. The van der Waals surface area contributed by atoms with Gasteiger partial charge in [0.1, 0.15) is 0 Å². The van der Waals surface area contributed by atoms with E-state index >= 15 is 0 Å². The predicted molar refractivity (Wildman–Crippen MR) is 155 cm³/mol. The SMILES string of the molecule is Cc1cn2ccccc2c1CCNCCN(C(=O)CCNCCc1cccc(Cl)c1Cl)C1CCCCC1. The second-order valence-corrected chi connectivity index (χ2v) is 10.9. The first-order chi connectivity index (χ1) is 18.0. The standard InChI is InChI=1S/C30H40Cl2N4O/c1-23-22-35-20-6-5-12-28(35)26(23)14-17-34-19-21-36(25-9-3-2-4-10-25)29(37)15-18-33-16-13-24-8-7-11-27(31)30(24)32/h5-8,11-12,20,22,25,33-34H,2-4,9-10,13-19,21H2,1H3. The van der Waals surface area contributed by atoms with E-state index in [0.717, 1.165) is 57.4 Å². The predicted octanol–water partition coefficient (Wildman–Crippen LogP) is 6.07. The molecule has 2 aromatic heterocycles. The van der Waals surface area contributed by atoms with Gasteiger partial charge in [-0.05, 0) is 80.6 Å². The number of aryl methyl sites for hydroxylation is 1. The fourth-order valence-electron chi connectivity index (χ4n) is 5.51. The largest absolute Gasteiger partial charge is 0.338 e. The van der Waals surface area contributed by atoms with Gasteiger partial charge in [0.05, 0.1) is 10.0 Å². The van der Waals surface area contributed by atoms with Crippen LogP contribution in [0.2, 0.25) is 10.0 Å². The molecule has 5 nitrogen and oxygen atoms in total. The van der Waals surface area contributed by atoms with Crippen LogP contribution in [0, 0.1) is 6.92 Å². The second kappa shape index (κ2) is 14.2. The van der Waals surface area contributed by atoms with Crippen molar-refractivity contribution in [1.82, 2.24) is 19.9 Å². The molecule has 1 fully saturated rings. The average Bonchev–Trinajstić information content (AvgIpc) is 3.23. The van der Waals surface area contributed by atoms with E-state index in [1.807, 2.05) is 12.1 Å². The van der Waals surface area contributed by atoms with Crippen LogP contribution in [0.1, 0.15) is 55.2 Å². The quantitative estimate of drug-likeness (QED) is 0.257. The summed E-state index contributed by atoms with van der Waals surface area (Å²) in [5.74, 6) is 0.260. The van der Waals surface area contributed by atoms with Crippen LogP contribution in [0.3, 0.4) is 0 Å². The van der Waals surface area contributed by atoms with Crippen LogP contribution < -0.4 is 10.6 Å². The first-order valence-corrected chi connectivity index (χ1v) is 14.5. The molecule has 37 heavy (non-hydrogen) atoms. The van der Waals surface area contributed by atoms with Gasteiger partial charge in [-0.2, -0.15) is 0 Å². The number of carbonyl (C=O) groups is 1. The summed E-state index contributed by atoms with van der Waals surface area (Å²) < 4.78 is 2.20. The summed E-state index contributed by atoms with van der Waals surface area (Å²) in [7, 11) is 0. The Hall–Kier alpha value is -2.05.